The number of carbonyl (C=O) groups is 1. The number of anilines is 1. The van der Waals surface area contributed by atoms with E-state index in [0.717, 1.165) is 18.0 Å². The van der Waals surface area contributed by atoms with Crippen LogP contribution >= 0.6 is 0 Å². The van der Waals surface area contributed by atoms with E-state index in [1.165, 1.54) is 18.3 Å². The predicted octanol–water partition coefficient (Wildman–Crippen LogP) is 3.76. The molecule has 172 valence electrons. The first kappa shape index (κ1) is 23.7. The summed E-state index contributed by atoms with van der Waals surface area (Å²) in [5.74, 6) is 0.0487. The summed E-state index contributed by atoms with van der Waals surface area (Å²) in [6.07, 6.45) is 3.94. The molecule has 0 bridgehead atoms. The third-order valence-electron chi connectivity index (χ3n) is 4.97. The highest BCUT2D eigenvalue weighted by Crippen LogP contribution is 2.22. The molecular weight excluding hydrogens is 425 g/mol. The average Bonchev–Trinajstić information content (AvgIpc) is 3.26. The minimum Gasteiger partial charge on any atom is -0.366 e. The molecular formula is C23H26FN7O2. The number of aromatic nitrogens is 3. The number of rotatable bonds is 10. The molecule has 1 atom stereocenters. The largest absolute Gasteiger partial charge is 0.366 e. The molecule has 1 aromatic carbocycles. The Bertz CT molecular complexity index is 1130. The molecule has 0 aliphatic carbocycles. The average molecular weight is 452 g/mol. The maximum absolute atomic E-state index is 13.4. The number of carbonyl (C=O) groups excluding carboxylic acids is 1. The van der Waals surface area contributed by atoms with Crippen molar-refractivity contribution >= 4 is 24.0 Å². The molecule has 0 spiro atoms. The van der Waals surface area contributed by atoms with E-state index in [1.807, 2.05) is 39.0 Å². The quantitative estimate of drug-likeness (QED) is 0.453. The third-order valence-corrected chi connectivity index (χ3v) is 4.97. The van der Waals surface area contributed by atoms with Crippen LogP contribution in [0.5, 0.6) is 0 Å². The molecule has 0 aliphatic rings. The van der Waals surface area contributed by atoms with Crippen LogP contribution in [0.3, 0.4) is 0 Å². The van der Waals surface area contributed by atoms with Crippen LogP contribution in [0.2, 0.25) is 0 Å². The van der Waals surface area contributed by atoms with Gasteiger partial charge in [-0.25, -0.2) is 9.37 Å². The zero-order valence-corrected chi connectivity index (χ0v) is 18.7. The van der Waals surface area contributed by atoms with E-state index in [2.05, 4.69) is 25.4 Å². The number of halogens is 1. The summed E-state index contributed by atoms with van der Waals surface area (Å²) in [4.78, 5) is 27.5. The number of likely N-dealkylation sites (N-methyl/N-ethyl adjacent to an activating group) is 1. The lowest BCUT2D eigenvalue weighted by molar-refractivity contribution is 0.0702. The van der Waals surface area contributed by atoms with Gasteiger partial charge in [-0.2, -0.15) is 4.98 Å². The van der Waals surface area contributed by atoms with E-state index in [4.69, 9.17) is 9.93 Å². The Kier molecular flexibility index (Phi) is 7.96. The van der Waals surface area contributed by atoms with Gasteiger partial charge in [0.15, 0.2) is 5.82 Å². The highest BCUT2D eigenvalue weighted by Gasteiger charge is 2.24. The van der Waals surface area contributed by atoms with Gasteiger partial charge in [0.2, 0.25) is 0 Å². The number of amides is 1. The van der Waals surface area contributed by atoms with E-state index in [9.17, 15) is 9.18 Å². The number of hydrogen-bond donors (Lipinski definition) is 2. The van der Waals surface area contributed by atoms with Crippen molar-refractivity contribution in [1.29, 1.82) is 5.41 Å². The predicted molar refractivity (Wildman–Crippen MR) is 124 cm³/mol. The molecule has 0 fully saturated rings. The summed E-state index contributed by atoms with van der Waals surface area (Å²) >= 11 is 0. The van der Waals surface area contributed by atoms with Gasteiger partial charge in [-0.05, 0) is 45.0 Å². The molecule has 0 saturated carbocycles. The van der Waals surface area contributed by atoms with Crippen molar-refractivity contribution in [3.63, 3.8) is 0 Å². The van der Waals surface area contributed by atoms with Crippen molar-refractivity contribution in [1.82, 2.24) is 20.0 Å². The van der Waals surface area contributed by atoms with E-state index < -0.39 is 5.82 Å². The van der Waals surface area contributed by atoms with Crippen LogP contribution in [-0.2, 0) is 6.42 Å². The molecule has 2 aromatic heterocycles. The van der Waals surface area contributed by atoms with Gasteiger partial charge in [-0.3, -0.25) is 9.79 Å². The lowest BCUT2D eigenvalue weighted by atomic mass is 10.1. The number of nitrogens with zero attached hydrogens (tertiary/aromatic N) is 5. The van der Waals surface area contributed by atoms with E-state index in [-0.39, 0.29) is 24.5 Å². The standard InChI is InChI=1S/C23H26FN7O2/c1-4-31(23(32)18-11-15(2)5-7-19(18)28-14-26-10-9-25)16(3)12-21-29-22(33-30-21)20-8-6-17(24)13-27-20/h5-11,13,16,25,28H,4,12,14H2,1-3H3. The van der Waals surface area contributed by atoms with E-state index >= 15 is 0 Å². The second kappa shape index (κ2) is 11.1. The summed E-state index contributed by atoms with van der Waals surface area (Å²) in [5, 5.41) is 14.1. The maximum Gasteiger partial charge on any atom is 0.276 e. The molecule has 3 rings (SSSR count). The van der Waals surface area contributed by atoms with Gasteiger partial charge in [-0.15, -0.1) is 0 Å². The Morgan fingerprint density at radius 2 is 2.18 bits per heavy atom. The van der Waals surface area contributed by atoms with Crippen LogP contribution in [0.1, 0.15) is 35.6 Å². The Hall–Kier alpha value is -3.95. The van der Waals surface area contributed by atoms with Crippen molar-refractivity contribution in [2.24, 2.45) is 4.99 Å². The molecule has 2 heterocycles. The van der Waals surface area contributed by atoms with Crippen LogP contribution < -0.4 is 5.32 Å². The highest BCUT2D eigenvalue weighted by molar-refractivity contribution is 6.14. The minimum absolute atomic E-state index is 0.129. The van der Waals surface area contributed by atoms with Crippen molar-refractivity contribution < 1.29 is 13.7 Å². The summed E-state index contributed by atoms with van der Waals surface area (Å²) < 4.78 is 18.4. The van der Waals surface area contributed by atoms with E-state index in [0.29, 0.717) is 35.7 Å². The number of benzene rings is 1. The van der Waals surface area contributed by atoms with Crippen LogP contribution in [0, 0.1) is 18.2 Å². The number of aryl methyl sites for hydroxylation is 1. The van der Waals surface area contributed by atoms with Gasteiger partial charge in [-0.1, -0.05) is 16.8 Å². The molecule has 9 nitrogen and oxygen atoms in total. The fourth-order valence-electron chi connectivity index (χ4n) is 3.35. The zero-order chi connectivity index (χ0) is 23.8. The van der Waals surface area contributed by atoms with Crippen LogP contribution in [0.4, 0.5) is 10.1 Å². The van der Waals surface area contributed by atoms with Gasteiger partial charge in [0, 0.05) is 37.1 Å². The molecule has 0 saturated heterocycles. The van der Waals surface area contributed by atoms with Gasteiger partial charge >= 0.3 is 0 Å². The molecule has 3 aromatic rings. The van der Waals surface area contributed by atoms with Crippen molar-refractivity contribution in [3.05, 3.63) is 59.3 Å². The van der Waals surface area contributed by atoms with Crippen molar-refractivity contribution in [3.8, 4) is 11.6 Å². The maximum atomic E-state index is 13.4. The second-order valence-corrected chi connectivity index (χ2v) is 7.40. The van der Waals surface area contributed by atoms with Gasteiger partial charge < -0.3 is 20.1 Å². The fraction of sp³-hybridized carbons (Fsp3) is 0.304. The molecule has 0 radical (unpaired) electrons. The Morgan fingerprint density at radius 1 is 1.36 bits per heavy atom. The highest BCUT2D eigenvalue weighted by atomic mass is 19.1. The van der Waals surface area contributed by atoms with E-state index in [1.54, 1.807) is 4.90 Å². The Labute approximate surface area is 191 Å². The second-order valence-electron chi connectivity index (χ2n) is 7.40. The van der Waals surface area contributed by atoms with Gasteiger partial charge in [0.1, 0.15) is 18.2 Å². The zero-order valence-electron chi connectivity index (χ0n) is 18.7. The normalized spacial score (nSPS) is 12.0. The number of aliphatic imine (C=N–C) groups is 1. The molecule has 0 aliphatic heterocycles. The SMILES string of the molecule is CCN(C(=O)c1cc(C)ccc1NCN=CC=N)C(C)Cc1noc(-c2ccc(F)cn2)n1. The number of hydrogen-bond acceptors (Lipinski definition) is 8. The summed E-state index contributed by atoms with van der Waals surface area (Å²) in [5.41, 5.74) is 2.55. The molecule has 33 heavy (non-hydrogen) atoms. The van der Waals surface area contributed by atoms with Gasteiger partial charge in [0.05, 0.1) is 11.8 Å². The fourth-order valence-corrected chi connectivity index (χ4v) is 3.35. The lowest BCUT2D eigenvalue weighted by Gasteiger charge is -2.28. The first-order chi connectivity index (χ1) is 15.9. The van der Waals surface area contributed by atoms with Crippen molar-refractivity contribution in [2.45, 2.75) is 33.2 Å². The van der Waals surface area contributed by atoms with Crippen LogP contribution in [0.25, 0.3) is 11.6 Å². The molecule has 1 unspecified atom stereocenters. The monoisotopic (exact) mass is 451 g/mol. The first-order valence-corrected chi connectivity index (χ1v) is 10.5. The number of pyridine rings is 1. The van der Waals surface area contributed by atoms with Crippen LogP contribution in [0.15, 0.2) is 46.0 Å². The van der Waals surface area contributed by atoms with Gasteiger partial charge in [0.25, 0.3) is 11.8 Å². The molecule has 2 N–H and O–H groups in total. The Balaban J connectivity index is 1.75. The Morgan fingerprint density at radius 3 is 2.88 bits per heavy atom. The molecule has 10 heteroatoms. The minimum atomic E-state index is -0.448. The summed E-state index contributed by atoms with van der Waals surface area (Å²) in [6.45, 7) is 6.51. The van der Waals surface area contributed by atoms with Crippen LogP contribution in [-0.4, -0.2) is 57.6 Å². The number of nitrogens with one attached hydrogen (secondary N) is 2. The first-order valence-electron chi connectivity index (χ1n) is 10.5. The smallest absolute Gasteiger partial charge is 0.276 e. The lowest BCUT2D eigenvalue weighted by Crippen LogP contribution is -2.40. The summed E-state index contributed by atoms with van der Waals surface area (Å²) in [7, 11) is 0. The van der Waals surface area contributed by atoms with Crippen molar-refractivity contribution in [2.75, 3.05) is 18.5 Å². The summed E-state index contributed by atoms with van der Waals surface area (Å²) in [6, 6.07) is 8.14. The topological polar surface area (TPSA) is 120 Å². The molecule has 1 amide bonds. The third kappa shape index (κ3) is 6.06.